The zero-order valence-electron chi connectivity index (χ0n) is 15.0. The minimum absolute atomic E-state index is 0.000732. The summed E-state index contributed by atoms with van der Waals surface area (Å²) >= 11 is 0. The molecule has 132 valence electrons. The molecular weight excluding hydrogens is 306 g/mol. The second-order valence-electron chi connectivity index (χ2n) is 6.41. The summed E-state index contributed by atoms with van der Waals surface area (Å²) in [6, 6.07) is 5.96. The summed E-state index contributed by atoms with van der Waals surface area (Å²) in [7, 11) is 1.41. The molecule has 1 fully saturated rings. The molecule has 0 aliphatic carbocycles. The fourth-order valence-electron chi connectivity index (χ4n) is 3.10. The Morgan fingerprint density at radius 3 is 2.46 bits per heavy atom. The van der Waals surface area contributed by atoms with E-state index in [0.29, 0.717) is 32.4 Å². The van der Waals surface area contributed by atoms with Crippen LogP contribution in [0.2, 0.25) is 0 Å². The first-order valence-corrected chi connectivity index (χ1v) is 8.56. The van der Waals surface area contributed by atoms with E-state index in [1.807, 2.05) is 39.0 Å². The van der Waals surface area contributed by atoms with Gasteiger partial charge in [-0.25, -0.2) is 0 Å². The van der Waals surface area contributed by atoms with Crippen LogP contribution in [0.25, 0.3) is 0 Å². The van der Waals surface area contributed by atoms with Crippen LogP contribution in [-0.2, 0) is 14.3 Å². The number of amides is 1. The van der Waals surface area contributed by atoms with Crippen LogP contribution in [0.4, 0.5) is 0 Å². The highest BCUT2D eigenvalue weighted by Crippen LogP contribution is 2.23. The highest BCUT2D eigenvalue weighted by Gasteiger charge is 2.31. The van der Waals surface area contributed by atoms with E-state index in [2.05, 4.69) is 0 Å². The van der Waals surface area contributed by atoms with E-state index in [1.54, 1.807) is 4.90 Å². The summed E-state index contributed by atoms with van der Waals surface area (Å²) in [5.41, 5.74) is 2.20. The maximum atomic E-state index is 12.7. The van der Waals surface area contributed by atoms with Crippen molar-refractivity contribution in [3.05, 3.63) is 29.3 Å². The fourth-order valence-corrected chi connectivity index (χ4v) is 3.10. The van der Waals surface area contributed by atoms with Crippen molar-refractivity contribution in [3.63, 3.8) is 0 Å². The van der Waals surface area contributed by atoms with Crippen LogP contribution in [-0.4, -0.2) is 43.1 Å². The van der Waals surface area contributed by atoms with Gasteiger partial charge >= 0.3 is 5.97 Å². The zero-order chi connectivity index (χ0) is 17.7. The molecule has 0 radical (unpaired) electrons. The first-order chi connectivity index (χ1) is 11.5. The monoisotopic (exact) mass is 333 g/mol. The second kappa shape index (κ2) is 8.18. The lowest BCUT2D eigenvalue weighted by Gasteiger charge is -2.33. The highest BCUT2D eigenvalue weighted by atomic mass is 16.5. The Bertz CT molecular complexity index is 591. The van der Waals surface area contributed by atoms with Crippen LogP contribution in [0.1, 0.15) is 37.3 Å². The van der Waals surface area contributed by atoms with E-state index in [1.165, 1.54) is 12.7 Å². The molecule has 5 nitrogen and oxygen atoms in total. The lowest BCUT2D eigenvalue weighted by Crippen LogP contribution is -2.46. The predicted molar refractivity (Wildman–Crippen MR) is 91.9 cm³/mol. The second-order valence-corrected chi connectivity index (χ2v) is 6.41. The van der Waals surface area contributed by atoms with Crippen LogP contribution in [0.15, 0.2) is 18.2 Å². The standard InChI is InChI=1S/C19H27NO4/c1-5-16(24-17-7-6-13(2)12-14(17)3)18(21)20-10-8-15(9-11-20)19(22)23-4/h6-7,12,15-16H,5,8-11H2,1-4H3. The molecule has 1 aromatic rings. The van der Waals surface area contributed by atoms with Crippen LogP contribution in [0.5, 0.6) is 5.75 Å². The van der Waals surface area contributed by atoms with Crippen molar-refractivity contribution in [1.29, 1.82) is 0 Å². The normalized spacial score (nSPS) is 16.6. The maximum absolute atomic E-state index is 12.7. The Morgan fingerprint density at radius 2 is 1.92 bits per heavy atom. The molecule has 0 N–H and O–H groups in total. The van der Waals surface area contributed by atoms with Gasteiger partial charge in [-0.3, -0.25) is 9.59 Å². The van der Waals surface area contributed by atoms with Crippen molar-refractivity contribution in [2.75, 3.05) is 20.2 Å². The summed E-state index contributed by atoms with van der Waals surface area (Å²) < 4.78 is 10.8. The Balaban J connectivity index is 1.98. The van der Waals surface area contributed by atoms with Gasteiger partial charge in [0.25, 0.3) is 5.91 Å². The molecular formula is C19H27NO4. The number of esters is 1. The van der Waals surface area contributed by atoms with Crippen molar-refractivity contribution in [3.8, 4) is 5.75 Å². The van der Waals surface area contributed by atoms with Crippen LogP contribution in [0, 0.1) is 19.8 Å². The van der Waals surface area contributed by atoms with E-state index >= 15 is 0 Å². The molecule has 1 atom stereocenters. The molecule has 1 amide bonds. The Hall–Kier alpha value is -2.04. The molecule has 0 bridgehead atoms. The van der Waals surface area contributed by atoms with Gasteiger partial charge in [-0.1, -0.05) is 24.6 Å². The van der Waals surface area contributed by atoms with Crippen molar-refractivity contribution >= 4 is 11.9 Å². The molecule has 1 heterocycles. The summed E-state index contributed by atoms with van der Waals surface area (Å²) in [6.07, 6.45) is 1.43. The van der Waals surface area contributed by atoms with Gasteiger partial charge < -0.3 is 14.4 Å². The number of hydrogen-bond acceptors (Lipinski definition) is 4. The van der Waals surface area contributed by atoms with Gasteiger partial charge in [0.2, 0.25) is 0 Å². The topological polar surface area (TPSA) is 55.8 Å². The van der Waals surface area contributed by atoms with Crippen molar-refractivity contribution in [2.24, 2.45) is 5.92 Å². The third kappa shape index (κ3) is 4.28. The molecule has 1 aromatic carbocycles. The molecule has 0 spiro atoms. The van der Waals surface area contributed by atoms with E-state index in [9.17, 15) is 9.59 Å². The van der Waals surface area contributed by atoms with E-state index in [-0.39, 0.29) is 17.8 Å². The van der Waals surface area contributed by atoms with Crippen molar-refractivity contribution in [1.82, 2.24) is 4.90 Å². The number of likely N-dealkylation sites (tertiary alicyclic amines) is 1. The Kier molecular flexibility index (Phi) is 6.23. The first-order valence-electron chi connectivity index (χ1n) is 8.56. The smallest absolute Gasteiger partial charge is 0.308 e. The minimum Gasteiger partial charge on any atom is -0.480 e. The number of ether oxygens (including phenoxy) is 2. The molecule has 0 aromatic heterocycles. The summed E-state index contributed by atoms with van der Waals surface area (Å²) in [5, 5.41) is 0. The number of carbonyl (C=O) groups is 2. The third-order valence-corrected chi connectivity index (χ3v) is 4.59. The number of carbonyl (C=O) groups excluding carboxylic acids is 2. The number of benzene rings is 1. The number of piperidine rings is 1. The summed E-state index contributed by atoms with van der Waals surface area (Å²) in [6.45, 7) is 7.12. The van der Waals surface area contributed by atoms with E-state index < -0.39 is 6.10 Å². The summed E-state index contributed by atoms with van der Waals surface area (Å²) in [4.78, 5) is 26.1. The van der Waals surface area contributed by atoms with E-state index in [4.69, 9.17) is 9.47 Å². The number of rotatable bonds is 5. The number of hydrogen-bond donors (Lipinski definition) is 0. The summed E-state index contributed by atoms with van der Waals surface area (Å²) in [5.74, 6) is 0.478. The molecule has 1 aliphatic heterocycles. The van der Waals surface area contributed by atoms with E-state index in [0.717, 1.165) is 11.3 Å². The van der Waals surface area contributed by atoms with Gasteiger partial charge in [-0.05, 0) is 44.7 Å². The van der Waals surface area contributed by atoms with Gasteiger partial charge in [-0.15, -0.1) is 0 Å². The van der Waals surface area contributed by atoms with Crippen molar-refractivity contribution < 1.29 is 19.1 Å². The van der Waals surface area contributed by atoms with Gasteiger partial charge in [0.15, 0.2) is 6.10 Å². The van der Waals surface area contributed by atoms with Gasteiger partial charge in [-0.2, -0.15) is 0 Å². The Morgan fingerprint density at radius 1 is 1.25 bits per heavy atom. The predicted octanol–water partition coefficient (Wildman–Crippen LogP) is 2.87. The first kappa shape index (κ1) is 18.3. The number of methoxy groups -OCH3 is 1. The molecule has 1 saturated heterocycles. The van der Waals surface area contributed by atoms with Crippen LogP contribution in [0.3, 0.4) is 0 Å². The largest absolute Gasteiger partial charge is 0.480 e. The molecule has 24 heavy (non-hydrogen) atoms. The quantitative estimate of drug-likeness (QED) is 0.778. The molecule has 1 unspecified atom stereocenters. The average Bonchev–Trinajstić information content (AvgIpc) is 2.60. The molecule has 0 saturated carbocycles. The lowest BCUT2D eigenvalue weighted by molar-refractivity contribution is -0.150. The highest BCUT2D eigenvalue weighted by molar-refractivity contribution is 5.82. The van der Waals surface area contributed by atoms with Crippen LogP contribution >= 0.6 is 0 Å². The fraction of sp³-hybridized carbons (Fsp3) is 0.579. The van der Waals surface area contributed by atoms with Gasteiger partial charge in [0, 0.05) is 13.1 Å². The Labute approximate surface area is 143 Å². The number of aryl methyl sites for hydroxylation is 2. The van der Waals surface area contributed by atoms with Gasteiger partial charge in [0.1, 0.15) is 5.75 Å². The molecule has 2 rings (SSSR count). The zero-order valence-corrected chi connectivity index (χ0v) is 15.0. The minimum atomic E-state index is -0.485. The SMILES string of the molecule is CCC(Oc1ccc(C)cc1C)C(=O)N1CCC(C(=O)OC)CC1. The lowest BCUT2D eigenvalue weighted by atomic mass is 9.96. The van der Waals surface area contributed by atoms with Crippen molar-refractivity contribution in [2.45, 2.75) is 46.1 Å². The number of nitrogens with zero attached hydrogens (tertiary/aromatic N) is 1. The van der Waals surface area contributed by atoms with Crippen LogP contribution < -0.4 is 4.74 Å². The van der Waals surface area contributed by atoms with Gasteiger partial charge in [0.05, 0.1) is 13.0 Å². The average molecular weight is 333 g/mol. The molecule has 5 heteroatoms. The molecule has 1 aliphatic rings. The maximum Gasteiger partial charge on any atom is 0.308 e. The third-order valence-electron chi connectivity index (χ3n) is 4.59.